The molecule has 0 amide bonds. The third kappa shape index (κ3) is 3.47. The zero-order chi connectivity index (χ0) is 17.0. The highest BCUT2D eigenvalue weighted by Gasteiger charge is 2.33. The van der Waals surface area contributed by atoms with Crippen molar-refractivity contribution in [3.8, 4) is 5.75 Å². The Hall–Kier alpha value is -1.85. The highest BCUT2D eigenvalue weighted by molar-refractivity contribution is 7.89. The number of hydrogen-bond acceptors (Lipinski definition) is 3. The van der Waals surface area contributed by atoms with E-state index in [1.807, 2.05) is 30.3 Å². The summed E-state index contributed by atoms with van der Waals surface area (Å²) in [6, 6.07) is 16.3. The minimum atomic E-state index is -3.50. The van der Waals surface area contributed by atoms with Crippen LogP contribution in [-0.2, 0) is 10.0 Å². The zero-order valence-corrected chi connectivity index (χ0v) is 14.7. The van der Waals surface area contributed by atoms with Gasteiger partial charge in [0.1, 0.15) is 5.75 Å². The number of ether oxygens (including phenoxy) is 1. The Morgan fingerprint density at radius 1 is 0.958 bits per heavy atom. The van der Waals surface area contributed by atoms with Crippen molar-refractivity contribution in [1.82, 2.24) is 4.31 Å². The summed E-state index contributed by atoms with van der Waals surface area (Å²) in [5, 5.41) is 0. The molecule has 2 aromatic carbocycles. The van der Waals surface area contributed by atoms with Crippen LogP contribution in [0.25, 0.3) is 0 Å². The number of nitrogens with zero attached hydrogens (tertiary/aromatic N) is 1. The van der Waals surface area contributed by atoms with Crippen LogP contribution in [0.2, 0.25) is 0 Å². The molecular formula is C19H23NO3S. The van der Waals surface area contributed by atoms with Crippen LogP contribution in [0, 0.1) is 0 Å². The molecule has 1 saturated heterocycles. The van der Waals surface area contributed by atoms with Crippen LogP contribution in [0.3, 0.4) is 0 Å². The number of benzene rings is 2. The molecule has 0 radical (unpaired) electrons. The molecule has 0 bridgehead atoms. The summed E-state index contributed by atoms with van der Waals surface area (Å²) in [6.07, 6.45) is 3.85. The van der Waals surface area contributed by atoms with Crippen LogP contribution >= 0.6 is 0 Å². The van der Waals surface area contributed by atoms with E-state index in [2.05, 4.69) is 0 Å². The third-order valence-corrected chi connectivity index (χ3v) is 6.48. The van der Waals surface area contributed by atoms with Crippen LogP contribution in [-0.4, -0.2) is 26.4 Å². The van der Waals surface area contributed by atoms with E-state index in [1.54, 1.807) is 35.7 Å². The summed E-state index contributed by atoms with van der Waals surface area (Å²) >= 11 is 0. The van der Waals surface area contributed by atoms with E-state index in [1.165, 1.54) is 0 Å². The lowest BCUT2D eigenvalue weighted by Gasteiger charge is -2.29. The van der Waals surface area contributed by atoms with Crippen molar-refractivity contribution in [3.05, 3.63) is 60.2 Å². The zero-order valence-electron chi connectivity index (χ0n) is 13.9. The quantitative estimate of drug-likeness (QED) is 0.841. The largest absolute Gasteiger partial charge is 0.497 e. The van der Waals surface area contributed by atoms with E-state index >= 15 is 0 Å². The molecule has 5 heteroatoms. The second-order valence-electron chi connectivity index (χ2n) is 6.07. The molecule has 128 valence electrons. The SMILES string of the molecule is COc1ccc([C@H]2CCCCCN2S(=O)(=O)c2ccccc2)cc1. The summed E-state index contributed by atoms with van der Waals surface area (Å²) in [6.45, 7) is 0.563. The molecule has 24 heavy (non-hydrogen) atoms. The van der Waals surface area contributed by atoms with Gasteiger partial charge in [0, 0.05) is 6.54 Å². The van der Waals surface area contributed by atoms with Crippen molar-refractivity contribution in [2.75, 3.05) is 13.7 Å². The molecule has 0 saturated carbocycles. The van der Waals surface area contributed by atoms with Gasteiger partial charge in [-0.25, -0.2) is 8.42 Å². The molecule has 0 spiro atoms. The molecule has 1 aliphatic heterocycles. The Labute approximate surface area is 144 Å². The molecule has 4 nitrogen and oxygen atoms in total. The molecule has 1 atom stereocenters. The smallest absolute Gasteiger partial charge is 0.243 e. The van der Waals surface area contributed by atoms with Crippen molar-refractivity contribution in [2.24, 2.45) is 0 Å². The van der Waals surface area contributed by atoms with Gasteiger partial charge in [0.25, 0.3) is 0 Å². The van der Waals surface area contributed by atoms with Crippen LogP contribution in [0.15, 0.2) is 59.5 Å². The summed E-state index contributed by atoms with van der Waals surface area (Å²) in [4.78, 5) is 0.366. The Kier molecular flexibility index (Phi) is 5.21. The lowest BCUT2D eigenvalue weighted by atomic mass is 10.0. The lowest BCUT2D eigenvalue weighted by molar-refractivity contribution is 0.328. The molecule has 1 fully saturated rings. The van der Waals surface area contributed by atoms with Gasteiger partial charge in [0.15, 0.2) is 0 Å². The number of rotatable bonds is 4. The first-order chi connectivity index (χ1) is 11.6. The molecular weight excluding hydrogens is 322 g/mol. The minimum Gasteiger partial charge on any atom is -0.497 e. The van der Waals surface area contributed by atoms with Crippen LogP contribution < -0.4 is 4.74 Å². The van der Waals surface area contributed by atoms with E-state index in [4.69, 9.17) is 4.74 Å². The molecule has 0 unspecified atom stereocenters. The number of methoxy groups -OCH3 is 1. The van der Waals surface area contributed by atoms with E-state index in [-0.39, 0.29) is 6.04 Å². The number of sulfonamides is 1. The van der Waals surface area contributed by atoms with Crippen LogP contribution in [0.1, 0.15) is 37.3 Å². The van der Waals surface area contributed by atoms with Gasteiger partial charge in [0.05, 0.1) is 18.0 Å². The average molecular weight is 345 g/mol. The number of hydrogen-bond donors (Lipinski definition) is 0. The Bertz CT molecular complexity index is 757. The van der Waals surface area contributed by atoms with Gasteiger partial charge in [-0.2, -0.15) is 4.31 Å². The monoisotopic (exact) mass is 345 g/mol. The van der Waals surface area contributed by atoms with Gasteiger partial charge in [-0.15, -0.1) is 0 Å². The highest BCUT2D eigenvalue weighted by atomic mass is 32.2. The third-order valence-electron chi connectivity index (χ3n) is 4.55. The second kappa shape index (κ2) is 7.36. The lowest BCUT2D eigenvalue weighted by Crippen LogP contribution is -2.34. The fourth-order valence-corrected chi connectivity index (χ4v) is 4.96. The van der Waals surface area contributed by atoms with Gasteiger partial charge in [-0.1, -0.05) is 43.2 Å². The van der Waals surface area contributed by atoms with Crippen LogP contribution in [0.5, 0.6) is 5.75 Å². The van der Waals surface area contributed by atoms with Crippen molar-refractivity contribution in [3.63, 3.8) is 0 Å². The molecule has 1 aliphatic rings. The van der Waals surface area contributed by atoms with E-state index in [0.29, 0.717) is 11.4 Å². The first kappa shape index (κ1) is 17.0. The fraction of sp³-hybridized carbons (Fsp3) is 0.368. The topological polar surface area (TPSA) is 46.6 Å². The highest BCUT2D eigenvalue weighted by Crippen LogP contribution is 2.35. The van der Waals surface area contributed by atoms with E-state index in [9.17, 15) is 8.42 Å². The van der Waals surface area contributed by atoms with E-state index < -0.39 is 10.0 Å². The van der Waals surface area contributed by atoms with Gasteiger partial charge >= 0.3 is 0 Å². The maximum atomic E-state index is 13.1. The van der Waals surface area contributed by atoms with Gasteiger partial charge in [-0.3, -0.25) is 0 Å². The van der Waals surface area contributed by atoms with Crippen molar-refractivity contribution >= 4 is 10.0 Å². The Balaban J connectivity index is 1.98. The average Bonchev–Trinajstić information content (AvgIpc) is 2.89. The predicted octanol–water partition coefficient (Wildman–Crippen LogP) is 4.00. The summed E-state index contributed by atoms with van der Waals surface area (Å²) in [5.41, 5.74) is 1.03. The van der Waals surface area contributed by atoms with Gasteiger partial charge in [-0.05, 0) is 42.7 Å². The second-order valence-corrected chi connectivity index (χ2v) is 7.96. The van der Waals surface area contributed by atoms with E-state index in [0.717, 1.165) is 37.0 Å². The molecule has 0 aliphatic carbocycles. The molecule has 0 N–H and O–H groups in total. The Morgan fingerprint density at radius 2 is 1.67 bits per heavy atom. The fourth-order valence-electron chi connectivity index (χ4n) is 3.26. The minimum absolute atomic E-state index is 0.122. The maximum Gasteiger partial charge on any atom is 0.243 e. The maximum absolute atomic E-state index is 13.1. The summed E-state index contributed by atoms with van der Waals surface area (Å²) in [5.74, 6) is 0.782. The first-order valence-electron chi connectivity index (χ1n) is 8.34. The standard InChI is InChI=1S/C19H23NO3S/c1-23-17-13-11-16(12-14-17)19-10-6-3-7-15-20(19)24(21,22)18-8-4-2-5-9-18/h2,4-5,8-9,11-14,19H,3,6-7,10,15H2,1H3/t19-/m1/s1. The van der Waals surface area contributed by atoms with Crippen LogP contribution in [0.4, 0.5) is 0 Å². The molecule has 1 heterocycles. The Morgan fingerprint density at radius 3 is 2.33 bits per heavy atom. The van der Waals surface area contributed by atoms with Crippen molar-refractivity contribution in [2.45, 2.75) is 36.6 Å². The molecule has 0 aromatic heterocycles. The summed E-state index contributed by atoms with van der Waals surface area (Å²) in [7, 11) is -1.86. The molecule has 3 rings (SSSR count). The normalized spacial score (nSPS) is 19.6. The van der Waals surface area contributed by atoms with Gasteiger partial charge < -0.3 is 4.74 Å². The first-order valence-corrected chi connectivity index (χ1v) is 9.78. The summed E-state index contributed by atoms with van der Waals surface area (Å²) < 4.78 is 33.2. The van der Waals surface area contributed by atoms with Crippen molar-refractivity contribution < 1.29 is 13.2 Å². The predicted molar refractivity (Wildman–Crippen MR) is 94.5 cm³/mol. The van der Waals surface area contributed by atoms with Gasteiger partial charge in [0.2, 0.25) is 10.0 Å². The van der Waals surface area contributed by atoms with Crippen molar-refractivity contribution in [1.29, 1.82) is 0 Å². The molecule has 2 aromatic rings.